The second-order valence-corrected chi connectivity index (χ2v) is 6.49. The SMILES string of the molecule is COc1ccc(Br)cc1/C=C(\C#N)c1nc2ccccc2s1. The fourth-order valence-electron chi connectivity index (χ4n) is 2.10. The number of allylic oxidation sites excluding steroid dienone is 1. The lowest BCUT2D eigenvalue weighted by molar-refractivity contribution is 0.414. The van der Waals surface area contributed by atoms with Gasteiger partial charge in [-0.25, -0.2) is 4.98 Å². The van der Waals surface area contributed by atoms with Gasteiger partial charge in [-0.2, -0.15) is 5.26 Å². The maximum Gasteiger partial charge on any atom is 0.135 e. The van der Waals surface area contributed by atoms with Crippen LogP contribution < -0.4 is 4.74 Å². The van der Waals surface area contributed by atoms with Gasteiger partial charge in [-0.3, -0.25) is 0 Å². The van der Waals surface area contributed by atoms with Gasteiger partial charge in [0.15, 0.2) is 0 Å². The fourth-order valence-corrected chi connectivity index (χ4v) is 3.41. The number of ether oxygens (including phenoxy) is 1. The summed E-state index contributed by atoms with van der Waals surface area (Å²) < 4.78 is 7.35. The second-order valence-electron chi connectivity index (χ2n) is 4.54. The summed E-state index contributed by atoms with van der Waals surface area (Å²) in [6.07, 6.45) is 1.81. The third-order valence-corrected chi connectivity index (χ3v) is 4.70. The predicted octanol–water partition coefficient (Wildman–Crippen LogP) is 5.13. The van der Waals surface area contributed by atoms with Crippen LogP contribution >= 0.6 is 27.3 Å². The molecule has 0 atom stereocenters. The van der Waals surface area contributed by atoms with Gasteiger partial charge in [0.25, 0.3) is 0 Å². The van der Waals surface area contributed by atoms with Crippen molar-refractivity contribution >= 4 is 49.1 Å². The van der Waals surface area contributed by atoms with Gasteiger partial charge in [0.2, 0.25) is 0 Å². The molecule has 108 valence electrons. The molecule has 0 spiro atoms. The summed E-state index contributed by atoms with van der Waals surface area (Å²) in [5, 5.41) is 10.2. The van der Waals surface area contributed by atoms with Crippen LogP contribution in [-0.4, -0.2) is 12.1 Å². The van der Waals surface area contributed by atoms with E-state index in [4.69, 9.17) is 4.74 Å². The van der Waals surface area contributed by atoms with Crippen LogP contribution in [0.5, 0.6) is 5.75 Å². The summed E-state index contributed by atoms with van der Waals surface area (Å²) in [7, 11) is 1.62. The molecule has 0 radical (unpaired) electrons. The van der Waals surface area contributed by atoms with E-state index in [2.05, 4.69) is 27.0 Å². The van der Waals surface area contributed by atoms with Crippen molar-refractivity contribution in [2.75, 3.05) is 7.11 Å². The summed E-state index contributed by atoms with van der Waals surface area (Å²) in [5.74, 6) is 0.720. The summed E-state index contributed by atoms with van der Waals surface area (Å²) in [5.41, 5.74) is 2.27. The first-order valence-electron chi connectivity index (χ1n) is 6.52. The highest BCUT2D eigenvalue weighted by atomic mass is 79.9. The molecule has 2 aromatic carbocycles. The Morgan fingerprint density at radius 1 is 1.32 bits per heavy atom. The highest BCUT2D eigenvalue weighted by Gasteiger charge is 2.10. The predicted molar refractivity (Wildman–Crippen MR) is 93.8 cm³/mol. The standard InChI is InChI=1S/C17H11BrN2OS/c1-21-15-7-6-13(18)9-11(15)8-12(10-19)17-20-14-4-2-3-5-16(14)22-17/h2-9H,1H3/b12-8+. The first kappa shape index (κ1) is 14.8. The van der Waals surface area contributed by atoms with Crippen LogP contribution in [0, 0.1) is 11.3 Å². The van der Waals surface area contributed by atoms with Crippen molar-refractivity contribution in [2.24, 2.45) is 0 Å². The van der Waals surface area contributed by atoms with Gasteiger partial charge >= 0.3 is 0 Å². The van der Waals surface area contributed by atoms with E-state index in [1.165, 1.54) is 11.3 Å². The number of fused-ring (bicyclic) bond motifs is 1. The number of nitriles is 1. The molecule has 3 rings (SSSR count). The van der Waals surface area contributed by atoms with Crippen molar-refractivity contribution in [1.82, 2.24) is 4.98 Å². The summed E-state index contributed by atoms with van der Waals surface area (Å²) >= 11 is 4.95. The molecule has 5 heteroatoms. The van der Waals surface area contributed by atoms with E-state index < -0.39 is 0 Å². The minimum absolute atomic E-state index is 0.526. The molecule has 0 amide bonds. The number of hydrogen-bond donors (Lipinski definition) is 0. The van der Waals surface area contributed by atoms with Gasteiger partial charge < -0.3 is 4.74 Å². The van der Waals surface area contributed by atoms with Gasteiger partial charge in [-0.1, -0.05) is 28.1 Å². The number of benzene rings is 2. The largest absolute Gasteiger partial charge is 0.496 e. The zero-order valence-electron chi connectivity index (χ0n) is 11.7. The van der Waals surface area contributed by atoms with Crippen molar-refractivity contribution in [3.05, 3.63) is 57.5 Å². The van der Waals surface area contributed by atoms with Crippen molar-refractivity contribution in [1.29, 1.82) is 5.26 Å². The van der Waals surface area contributed by atoms with Crippen LogP contribution in [0.25, 0.3) is 21.9 Å². The third-order valence-electron chi connectivity index (χ3n) is 3.14. The molecule has 1 aromatic heterocycles. The Hall–Kier alpha value is -2.16. The molecule has 0 unspecified atom stereocenters. The van der Waals surface area contributed by atoms with Gasteiger partial charge in [-0.15, -0.1) is 11.3 Å². The molecule has 3 nitrogen and oxygen atoms in total. The number of thiazole rings is 1. The Bertz CT molecular complexity index is 875. The number of rotatable bonds is 3. The summed E-state index contributed by atoms with van der Waals surface area (Å²) in [6, 6.07) is 15.8. The third kappa shape index (κ3) is 2.89. The van der Waals surface area contributed by atoms with Crippen LogP contribution in [0.4, 0.5) is 0 Å². The average molecular weight is 371 g/mol. The lowest BCUT2D eigenvalue weighted by Gasteiger charge is -2.05. The summed E-state index contributed by atoms with van der Waals surface area (Å²) in [4.78, 5) is 4.53. The number of aromatic nitrogens is 1. The topological polar surface area (TPSA) is 45.9 Å². The molecule has 0 saturated carbocycles. The maximum atomic E-state index is 9.49. The van der Waals surface area contributed by atoms with Crippen molar-refractivity contribution in [3.8, 4) is 11.8 Å². The molecule has 22 heavy (non-hydrogen) atoms. The van der Waals surface area contributed by atoms with E-state index in [1.54, 1.807) is 13.2 Å². The minimum Gasteiger partial charge on any atom is -0.496 e. The van der Waals surface area contributed by atoms with Gasteiger partial charge in [0, 0.05) is 10.0 Å². The van der Waals surface area contributed by atoms with E-state index in [-0.39, 0.29) is 0 Å². The van der Waals surface area contributed by atoms with Crippen LogP contribution in [-0.2, 0) is 0 Å². The Balaban J connectivity index is 2.11. The van der Waals surface area contributed by atoms with Crippen molar-refractivity contribution < 1.29 is 4.74 Å². The number of para-hydroxylation sites is 1. The van der Waals surface area contributed by atoms with Crippen molar-refractivity contribution in [2.45, 2.75) is 0 Å². The van der Waals surface area contributed by atoms with Crippen LogP contribution in [0.3, 0.4) is 0 Å². The molecule has 0 bridgehead atoms. The monoisotopic (exact) mass is 370 g/mol. The number of methoxy groups -OCH3 is 1. The van der Waals surface area contributed by atoms with E-state index in [9.17, 15) is 5.26 Å². The van der Waals surface area contributed by atoms with Crippen molar-refractivity contribution in [3.63, 3.8) is 0 Å². The highest BCUT2D eigenvalue weighted by Crippen LogP contribution is 2.31. The van der Waals surface area contributed by atoms with Crippen LogP contribution in [0.1, 0.15) is 10.6 Å². The molecule has 0 N–H and O–H groups in total. The smallest absolute Gasteiger partial charge is 0.135 e. The molecule has 1 heterocycles. The van der Waals surface area contributed by atoms with Crippen LogP contribution in [0.15, 0.2) is 46.9 Å². The molecule has 0 aliphatic heterocycles. The summed E-state index contributed by atoms with van der Waals surface area (Å²) in [6.45, 7) is 0. The first-order chi connectivity index (χ1) is 10.7. The maximum absolute atomic E-state index is 9.49. The quantitative estimate of drug-likeness (QED) is 0.600. The Kier molecular flexibility index (Phi) is 4.23. The Morgan fingerprint density at radius 2 is 2.14 bits per heavy atom. The van der Waals surface area contributed by atoms with E-state index in [0.717, 1.165) is 26.0 Å². The molecule has 0 aliphatic carbocycles. The number of nitrogens with zero attached hydrogens (tertiary/aromatic N) is 2. The van der Waals surface area contributed by atoms with Gasteiger partial charge in [-0.05, 0) is 36.4 Å². The zero-order valence-corrected chi connectivity index (χ0v) is 14.1. The average Bonchev–Trinajstić information content (AvgIpc) is 2.96. The molecular formula is C17H11BrN2OS. The molecule has 0 saturated heterocycles. The number of hydrogen-bond acceptors (Lipinski definition) is 4. The van der Waals surface area contributed by atoms with Crippen LogP contribution in [0.2, 0.25) is 0 Å². The highest BCUT2D eigenvalue weighted by molar-refractivity contribution is 9.10. The lowest BCUT2D eigenvalue weighted by Crippen LogP contribution is -1.88. The minimum atomic E-state index is 0.526. The first-order valence-corrected chi connectivity index (χ1v) is 8.13. The Morgan fingerprint density at radius 3 is 2.86 bits per heavy atom. The lowest BCUT2D eigenvalue weighted by atomic mass is 10.1. The molecule has 3 aromatic rings. The van der Waals surface area contributed by atoms with E-state index in [1.807, 2.05) is 42.5 Å². The molecule has 0 aliphatic rings. The molecule has 0 fully saturated rings. The molecular weight excluding hydrogens is 360 g/mol. The number of halogens is 1. The second kappa shape index (κ2) is 6.30. The fraction of sp³-hybridized carbons (Fsp3) is 0.0588. The van der Waals surface area contributed by atoms with E-state index >= 15 is 0 Å². The van der Waals surface area contributed by atoms with Gasteiger partial charge in [0.1, 0.15) is 16.8 Å². The van der Waals surface area contributed by atoms with E-state index in [0.29, 0.717) is 10.6 Å². The van der Waals surface area contributed by atoms with Gasteiger partial charge in [0.05, 0.1) is 22.9 Å². The zero-order chi connectivity index (χ0) is 15.5. The Labute approximate surface area is 140 Å². The normalized spacial score (nSPS) is 11.4.